The van der Waals surface area contributed by atoms with Crippen molar-refractivity contribution in [2.45, 2.75) is 18.0 Å². The van der Waals surface area contributed by atoms with Crippen molar-refractivity contribution in [2.24, 2.45) is 0 Å². The Kier molecular flexibility index (Phi) is 4.08. The van der Waals surface area contributed by atoms with E-state index in [1.165, 1.54) is 0 Å². The van der Waals surface area contributed by atoms with Gasteiger partial charge < -0.3 is 9.84 Å². The summed E-state index contributed by atoms with van der Waals surface area (Å²) in [6.45, 7) is 1.01. The molecular weight excluding hydrogens is 276 g/mol. The molecule has 2 nitrogen and oxygen atoms in total. The molecular formula is C11H13BrO2S. The highest BCUT2D eigenvalue weighted by atomic mass is 79.9. The molecule has 2 rings (SSSR count). The van der Waals surface area contributed by atoms with Gasteiger partial charge in [-0.25, -0.2) is 0 Å². The molecule has 4 heteroatoms. The van der Waals surface area contributed by atoms with Crippen molar-refractivity contribution in [3.05, 3.63) is 34.3 Å². The molecule has 0 radical (unpaired) electrons. The fraction of sp³-hybridized carbons (Fsp3) is 0.455. The minimum absolute atomic E-state index is 0.301. The summed E-state index contributed by atoms with van der Waals surface area (Å²) in [6, 6.07) is 8.02. The number of hydrogen-bond acceptors (Lipinski definition) is 3. The summed E-state index contributed by atoms with van der Waals surface area (Å²) >= 11 is 5.17. The minimum atomic E-state index is -0.301. The first-order valence-corrected chi connectivity index (χ1v) is 6.72. The summed E-state index contributed by atoms with van der Waals surface area (Å²) in [6.07, 6.45) is -0.301. The van der Waals surface area contributed by atoms with Crippen LogP contribution in [0.3, 0.4) is 0 Å². The number of rotatable bonds is 5. The molecule has 15 heavy (non-hydrogen) atoms. The number of benzene rings is 1. The highest BCUT2D eigenvalue weighted by Crippen LogP contribution is 2.33. The van der Waals surface area contributed by atoms with Gasteiger partial charge in [0.15, 0.2) is 0 Å². The molecule has 0 spiro atoms. The van der Waals surface area contributed by atoms with Gasteiger partial charge in [0.25, 0.3) is 0 Å². The molecule has 0 unspecified atom stereocenters. The molecule has 1 N–H and O–H groups in total. The number of thioether (sulfide) groups is 1. The first-order chi connectivity index (χ1) is 7.25. The molecule has 0 amide bonds. The zero-order valence-corrected chi connectivity index (χ0v) is 10.6. The van der Waals surface area contributed by atoms with Gasteiger partial charge in [-0.3, -0.25) is 0 Å². The van der Waals surface area contributed by atoms with Gasteiger partial charge in [-0.1, -0.05) is 28.1 Å². The van der Waals surface area contributed by atoms with Gasteiger partial charge in [-0.15, -0.1) is 0 Å². The van der Waals surface area contributed by atoms with E-state index in [4.69, 9.17) is 4.74 Å². The van der Waals surface area contributed by atoms with E-state index in [-0.39, 0.29) is 6.10 Å². The Balaban J connectivity index is 1.70. The van der Waals surface area contributed by atoms with Gasteiger partial charge >= 0.3 is 0 Å². The fourth-order valence-corrected chi connectivity index (χ4v) is 2.16. The predicted molar refractivity (Wildman–Crippen MR) is 66.1 cm³/mol. The van der Waals surface area contributed by atoms with Crippen molar-refractivity contribution in [3.8, 4) is 0 Å². The van der Waals surface area contributed by atoms with E-state index >= 15 is 0 Å². The van der Waals surface area contributed by atoms with Crippen molar-refractivity contribution in [3.63, 3.8) is 0 Å². The molecule has 0 bridgehead atoms. The van der Waals surface area contributed by atoms with E-state index < -0.39 is 0 Å². The van der Waals surface area contributed by atoms with Crippen molar-refractivity contribution in [1.82, 2.24) is 0 Å². The SMILES string of the molecule is O[C@H](COCc1ccc(Br)cc1)[C@H]1CS1. The van der Waals surface area contributed by atoms with Gasteiger partial charge in [0, 0.05) is 15.5 Å². The standard InChI is InChI=1S/C11H13BrO2S/c12-9-3-1-8(2-4-9)5-14-6-10(13)11-7-15-11/h1-4,10-11,13H,5-7H2/t10-,11-/m1/s1. The Morgan fingerprint density at radius 1 is 1.47 bits per heavy atom. The number of aliphatic hydroxyl groups excluding tert-OH is 1. The van der Waals surface area contributed by atoms with Crippen LogP contribution in [-0.4, -0.2) is 28.8 Å². The van der Waals surface area contributed by atoms with Gasteiger partial charge in [-0.05, 0) is 17.7 Å². The van der Waals surface area contributed by atoms with Crippen LogP contribution < -0.4 is 0 Å². The summed E-state index contributed by atoms with van der Waals surface area (Å²) in [7, 11) is 0. The van der Waals surface area contributed by atoms with Crippen LogP contribution in [0, 0.1) is 0 Å². The zero-order chi connectivity index (χ0) is 10.7. The Morgan fingerprint density at radius 3 is 2.73 bits per heavy atom. The fourth-order valence-electron chi connectivity index (χ4n) is 1.26. The lowest BCUT2D eigenvalue weighted by atomic mass is 10.2. The molecule has 1 aliphatic rings. The summed E-state index contributed by atoms with van der Waals surface area (Å²) in [5, 5.41) is 9.97. The van der Waals surface area contributed by atoms with Crippen LogP contribution >= 0.6 is 27.7 Å². The molecule has 2 atom stereocenters. The summed E-state index contributed by atoms with van der Waals surface area (Å²) in [4.78, 5) is 0. The van der Waals surface area contributed by atoms with Crippen molar-refractivity contribution >= 4 is 27.7 Å². The maximum atomic E-state index is 9.56. The monoisotopic (exact) mass is 288 g/mol. The second kappa shape index (κ2) is 5.34. The Morgan fingerprint density at radius 2 is 2.13 bits per heavy atom. The average Bonchev–Trinajstić information content (AvgIpc) is 3.04. The number of ether oxygens (including phenoxy) is 1. The quantitative estimate of drug-likeness (QED) is 0.844. The van der Waals surface area contributed by atoms with Crippen LogP contribution in [0.4, 0.5) is 0 Å². The Labute approximate surface area is 102 Å². The zero-order valence-electron chi connectivity index (χ0n) is 8.23. The van der Waals surface area contributed by atoms with Gasteiger partial charge in [-0.2, -0.15) is 11.8 Å². The van der Waals surface area contributed by atoms with Crippen molar-refractivity contribution in [2.75, 3.05) is 12.4 Å². The Bertz CT molecular complexity index is 311. The molecule has 1 saturated heterocycles. The maximum absolute atomic E-state index is 9.56. The van der Waals surface area contributed by atoms with E-state index in [9.17, 15) is 5.11 Å². The van der Waals surface area contributed by atoms with Crippen LogP contribution in [0.2, 0.25) is 0 Å². The van der Waals surface area contributed by atoms with E-state index in [0.717, 1.165) is 15.8 Å². The number of hydrogen-bond donors (Lipinski definition) is 1. The highest BCUT2D eigenvalue weighted by molar-refractivity contribution is 9.10. The van der Waals surface area contributed by atoms with Gasteiger partial charge in [0.05, 0.1) is 19.3 Å². The third kappa shape index (κ3) is 3.79. The normalized spacial score (nSPS) is 21.3. The largest absolute Gasteiger partial charge is 0.390 e. The predicted octanol–water partition coefficient (Wildman–Crippen LogP) is 2.44. The van der Waals surface area contributed by atoms with Gasteiger partial charge in [0.1, 0.15) is 0 Å². The molecule has 1 fully saturated rings. The molecule has 0 aliphatic carbocycles. The van der Waals surface area contributed by atoms with Crippen LogP contribution in [0.25, 0.3) is 0 Å². The maximum Gasteiger partial charge on any atom is 0.0900 e. The first-order valence-electron chi connectivity index (χ1n) is 4.87. The number of halogens is 1. The van der Waals surface area contributed by atoms with E-state index in [1.54, 1.807) is 11.8 Å². The minimum Gasteiger partial charge on any atom is -0.390 e. The topological polar surface area (TPSA) is 29.5 Å². The number of aliphatic hydroxyl groups is 1. The molecule has 1 aromatic rings. The molecule has 0 saturated carbocycles. The summed E-state index contributed by atoms with van der Waals surface area (Å²) in [5.41, 5.74) is 1.13. The van der Waals surface area contributed by atoms with Crippen LogP contribution in [0.15, 0.2) is 28.7 Å². The van der Waals surface area contributed by atoms with Gasteiger partial charge in [0.2, 0.25) is 0 Å². The van der Waals surface area contributed by atoms with Crippen molar-refractivity contribution < 1.29 is 9.84 Å². The molecule has 82 valence electrons. The Hall–Kier alpha value is -0.0300. The van der Waals surface area contributed by atoms with Crippen LogP contribution in [0.5, 0.6) is 0 Å². The smallest absolute Gasteiger partial charge is 0.0900 e. The average molecular weight is 289 g/mol. The van der Waals surface area contributed by atoms with E-state index in [1.807, 2.05) is 24.3 Å². The lowest BCUT2D eigenvalue weighted by molar-refractivity contribution is 0.0330. The lowest BCUT2D eigenvalue weighted by Gasteiger charge is -2.09. The second-order valence-electron chi connectivity index (χ2n) is 3.58. The highest BCUT2D eigenvalue weighted by Gasteiger charge is 2.30. The molecule has 0 aromatic heterocycles. The van der Waals surface area contributed by atoms with E-state index in [0.29, 0.717) is 18.5 Å². The third-order valence-electron chi connectivity index (χ3n) is 2.26. The molecule has 1 aromatic carbocycles. The molecule has 1 heterocycles. The summed E-state index contributed by atoms with van der Waals surface area (Å²) in [5.74, 6) is 1.07. The van der Waals surface area contributed by atoms with Crippen LogP contribution in [0.1, 0.15) is 5.56 Å². The van der Waals surface area contributed by atoms with Crippen LogP contribution in [-0.2, 0) is 11.3 Å². The first kappa shape index (κ1) is 11.5. The van der Waals surface area contributed by atoms with Crippen molar-refractivity contribution in [1.29, 1.82) is 0 Å². The third-order valence-corrected chi connectivity index (χ3v) is 3.82. The van der Waals surface area contributed by atoms with E-state index in [2.05, 4.69) is 15.9 Å². The summed E-state index contributed by atoms with van der Waals surface area (Å²) < 4.78 is 6.51. The molecule has 1 aliphatic heterocycles. The lowest BCUT2D eigenvalue weighted by Crippen LogP contribution is -2.20. The second-order valence-corrected chi connectivity index (χ2v) is 5.77.